The van der Waals surface area contributed by atoms with Crippen molar-refractivity contribution in [2.75, 3.05) is 13.1 Å². The molecule has 2 heterocycles. The average molecular weight is 261 g/mol. The summed E-state index contributed by atoms with van der Waals surface area (Å²) in [5, 5.41) is 7.31. The van der Waals surface area contributed by atoms with Crippen LogP contribution in [0.15, 0.2) is 22.7 Å². The number of nitrogens with zero attached hydrogens (tertiary/aromatic N) is 2. The molecule has 1 aliphatic heterocycles. The zero-order valence-electron chi connectivity index (χ0n) is 11.0. The van der Waals surface area contributed by atoms with Gasteiger partial charge in [-0.25, -0.2) is 4.39 Å². The van der Waals surface area contributed by atoms with Crippen LogP contribution >= 0.6 is 0 Å². The molecule has 4 nitrogen and oxygen atoms in total. The number of aryl methyl sites for hydroxylation is 1. The van der Waals surface area contributed by atoms with Crippen LogP contribution in [0, 0.1) is 18.7 Å². The SMILES string of the molecule is Cc1cc(-c2noc([C@@H]3CNC[C@H]3C)n2)ccc1F. The molecule has 0 saturated carbocycles. The number of halogens is 1. The van der Waals surface area contributed by atoms with Crippen molar-refractivity contribution >= 4 is 0 Å². The minimum atomic E-state index is -0.221. The standard InChI is InChI=1S/C14H16FN3O/c1-8-5-10(3-4-12(8)15)13-17-14(19-18-13)11-7-16-6-9(11)2/h3-5,9,11,16H,6-7H2,1-2H3/t9-,11-/m1/s1. The van der Waals surface area contributed by atoms with Gasteiger partial charge in [-0.2, -0.15) is 4.98 Å². The summed E-state index contributed by atoms with van der Waals surface area (Å²) < 4.78 is 18.6. The third kappa shape index (κ3) is 2.26. The summed E-state index contributed by atoms with van der Waals surface area (Å²) in [5.41, 5.74) is 1.37. The summed E-state index contributed by atoms with van der Waals surface area (Å²) >= 11 is 0. The number of benzene rings is 1. The molecule has 0 radical (unpaired) electrons. The molecule has 100 valence electrons. The first kappa shape index (κ1) is 12.3. The predicted molar refractivity (Wildman–Crippen MR) is 69.2 cm³/mol. The average Bonchev–Trinajstić information content (AvgIpc) is 3.01. The van der Waals surface area contributed by atoms with Gasteiger partial charge in [0.1, 0.15) is 5.82 Å². The van der Waals surface area contributed by atoms with E-state index < -0.39 is 0 Å². The summed E-state index contributed by atoms with van der Waals surface area (Å²) in [4.78, 5) is 4.44. The second kappa shape index (κ2) is 4.74. The van der Waals surface area contributed by atoms with Gasteiger partial charge >= 0.3 is 0 Å². The summed E-state index contributed by atoms with van der Waals surface area (Å²) in [7, 11) is 0. The van der Waals surface area contributed by atoms with Gasteiger partial charge in [0.15, 0.2) is 0 Å². The molecule has 5 heteroatoms. The van der Waals surface area contributed by atoms with Crippen LogP contribution in [0.5, 0.6) is 0 Å². The van der Waals surface area contributed by atoms with Gasteiger partial charge in [0, 0.05) is 12.1 Å². The van der Waals surface area contributed by atoms with E-state index in [0.717, 1.165) is 18.7 Å². The lowest BCUT2D eigenvalue weighted by Crippen LogP contribution is -2.08. The van der Waals surface area contributed by atoms with Crippen LogP contribution in [0.1, 0.15) is 24.3 Å². The fourth-order valence-electron chi connectivity index (χ4n) is 2.43. The van der Waals surface area contributed by atoms with Crippen LogP contribution in [0.4, 0.5) is 4.39 Å². The van der Waals surface area contributed by atoms with Crippen LogP contribution in [0.3, 0.4) is 0 Å². The molecular weight excluding hydrogens is 245 g/mol. The molecule has 1 fully saturated rings. The highest BCUT2D eigenvalue weighted by atomic mass is 19.1. The van der Waals surface area contributed by atoms with E-state index in [-0.39, 0.29) is 11.7 Å². The number of hydrogen-bond acceptors (Lipinski definition) is 4. The Labute approximate surface area is 111 Å². The first-order valence-corrected chi connectivity index (χ1v) is 6.46. The number of nitrogens with one attached hydrogen (secondary N) is 1. The van der Waals surface area contributed by atoms with Crippen LogP contribution in [-0.2, 0) is 0 Å². The van der Waals surface area contributed by atoms with E-state index in [2.05, 4.69) is 22.4 Å². The maximum Gasteiger partial charge on any atom is 0.231 e. The molecule has 3 rings (SSSR count). The molecule has 1 aromatic carbocycles. The van der Waals surface area contributed by atoms with Crippen molar-refractivity contribution in [3.63, 3.8) is 0 Å². The summed E-state index contributed by atoms with van der Waals surface area (Å²) in [6.45, 7) is 5.72. The lowest BCUT2D eigenvalue weighted by molar-refractivity contribution is 0.340. The third-order valence-corrected chi connectivity index (χ3v) is 3.69. The molecule has 0 spiro atoms. The van der Waals surface area contributed by atoms with Gasteiger partial charge in [0.25, 0.3) is 0 Å². The molecule has 0 bridgehead atoms. The van der Waals surface area contributed by atoms with Crippen molar-refractivity contribution < 1.29 is 8.91 Å². The van der Waals surface area contributed by atoms with Crippen molar-refractivity contribution in [2.24, 2.45) is 5.92 Å². The minimum absolute atomic E-state index is 0.221. The van der Waals surface area contributed by atoms with Crippen molar-refractivity contribution in [1.82, 2.24) is 15.5 Å². The first-order chi connectivity index (χ1) is 9.15. The Morgan fingerprint density at radius 2 is 2.21 bits per heavy atom. The van der Waals surface area contributed by atoms with E-state index >= 15 is 0 Å². The molecule has 1 aliphatic rings. The fourth-order valence-corrected chi connectivity index (χ4v) is 2.43. The molecular formula is C14H16FN3O. The normalized spacial score (nSPS) is 22.9. The van der Waals surface area contributed by atoms with Gasteiger partial charge < -0.3 is 9.84 Å². The zero-order valence-corrected chi connectivity index (χ0v) is 11.0. The van der Waals surface area contributed by atoms with Gasteiger partial charge in [-0.15, -0.1) is 0 Å². The lowest BCUT2D eigenvalue weighted by atomic mass is 9.98. The highest BCUT2D eigenvalue weighted by molar-refractivity contribution is 5.55. The summed E-state index contributed by atoms with van der Waals surface area (Å²) in [5.74, 6) is 1.72. The quantitative estimate of drug-likeness (QED) is 0.902. The van der Waals surface area contributed by atoms with Gasteiger partial charge in [-0.05, 0) is 43.1 Å². The van der Waals surface area contributed by atoms with Crippen molar-refractivity contribution in [1.29, 1.82) is 0 Å². The van der Waals surface area contributed by atoms with Crippen molar-refractivity contribution in [3.8, 4) is 11.4 Å². The van der Waals surface area contributed by atoms with Gasteiger partial charge in [0.2, 0.25) is 11.7 Å². The number of rotatable bonds is 2. The van der Waals surface area contributed by atoms with E-state index in [1.54, 1.807) is 19.1 Å². The Morgan fingerprint density at radius 1 is 1.37 bits per heavy atom. The smallest absolute Gasteiger partial charge is 0.231 e. The Balaban J connectivity index is 1.90. The monoisotopic (exact) mass is 261 g/mol. The largest absolute Gasteiger partial charge is 0.339 e. The minimum Gasteiger partial charge on any atom is -0.339 e. The molecule has 19 heavy (non-hydrogen) atoms. The number of hydrogen-bond donors (Lipinski definition) is 1. The maximum atomic E-state index is 13.2. The summed E-state index contributed by atoms with van der Waals surface area (Å²) in [6, 6.07) is 4.84. The molecule has 0 amide bonds. The first-order valence-electron chi connectivity index (χ1n) is 6.46. The van der Waals surface area contributed by atoms with E-state index in [1.807, 2.05) is 0 Å². The molecule has 1 aromatic heterocycles. The fraction of sp³-hybridized carbons (Fsp3) is 0.429. The molecule has 0 unspecified atom stereocenters. The van der Waals surface area contributed by atoms with Gasteiger partial charge in [-0.3, -0.25) is 0 Å². The molecule has 2 atom stereocenters. The highest BCUT2D eigenvalue weighted by Gasteiger charge is 2.29. The van der Waals surface area contributed by atoms with Crippen LogP contribution < -0.4 is 5.32 Å². The second-order valence-corrected chi connectivity index (χ2v) is 5.16. The van der Waals surface area contributed by atoms with Crippen LogP contribution in [-0.4, -0.2) is 23.2 Å². The second-order valence-electron chi connectivity index (χ2n) is 5.16. The lowest BCUT2D eigenvalue weighted by Gasteiger charge is -2.07. The van der Waals surface area contributed by atoms with E-state index in [0.29, 0.717) is 23.2 Å². The van der Waals surface area contributed by atoms with Crippen molar-refractivity contribution in [2.45, 2.75) is 19.8 Å². The van der Waals surface area contributed by atoms with Crippen LogP contribution in [0.25, 0.3) is 11.4 Å². The molecule has 2 aromatic rings. The maximum absolute atomic E-state index is 13.2. The Kier molecular flexibility index (Phi) is 3.06. The Morgan fingerprint density at radius 3 is 2.89 bits per heavy atom. The Bertz CT molecular complexity index is 596. The van der Waals surface area contributed by atoms with Gasteiger partial charge in [0.05, 0.1) is 5.92 Å². The zero-order chi connectivity index (χ0) is 13.4. The van der Waals surface area contributed by atoms with E-state index in [4.69, 9.17) is 4.52 Å². The topological polar surface area (TPSA) is 51.0 Å². The molecule has 0 aliphatic carbocycles. The van der Waals surface area contributed by atoms with E-state index in [1.165, 1.54) is 6.07 Å². The van der Waals surface area contributed by atoms with E-state index in [9.17, 15) is 4.39 Å². The third-order valence-electron chi connectivity index (χ3n) is 3.69. The Hall–Kier alpha value is -1.75. The highest BCUT2D eigenvalue weighted by Crippen LogP contribution is 2.28. The van der Waals surface area contributed by atoms with Crippen molar-refractivity contribution in [3.05, 3.63) is 35.5 Å². The van der Waals surface area contributed by atoms with Gasteiger partial charge in [-0.1, -0.05) is 12.1 Å². The molecule has 1 N–H and O–H groups in total. The summed E-state index contributed by atoms with van der Waals surface area (Å²) in [6.07, 6.45) is 0. The number of aromatic nitrogens is 2. The predicted octanol–water partition coefficient (Wildman–Crippen LogP) is 2.51. The van der Waals surface area contributed by atoms with Crippen LogP contribution in [0.2, 0.25) is 0 Å². The molecule has 1 saturated heterocycles.